The van der Waals surface area contributed by atoms with Crippen LogP contribution < -0.4 is 4.90 Å². The fourth-order valence-electron chi connectivity index (χ4n) is 9.04. The van der Waals surface area contributed by atoms with Gasteiger partial charge in [0.1, 0.15) is 0 Å². The van der Waals surface area contributed by atoms with Gasteiger partial charge in [-0.3, -0.25) is 0 Å². The number of thiophene rings is 1. The molecule has 0 radical (unpaired) electrons. The van der Waals surface area contributed by atoms with Crippen LogP contribution in [0.5, 0.6) is 0 Å². The van der Waals surface area contributed by atoms with Crippen molar-refractivity contribution in [1.29, 1.82) is 0 Å². The van der Waals surface area contributed by atoms with E-state index in [1.54, 1.807) is 0 Å². The van der Waals surface area contributed by atoms with Gasteiger partial charge in [0.2, 0.25) is 0 Å². The minimum absolute atomic E-state index is 0.0423. The van der Waals surface area contributed by atoms with Gasteiger partial charge in [0.25, 0.3) is 0 Å². The highest BCUT2D eigenvalue weighted by atomic mass is 32.1. The fraction of sp³-hybridized carbons (Fsp3) is 0.0588. The summed E-state index contributed by atoms with van der Waals surface area (Å²) in [7, 11) is 0. The van der Waals surface area contributed by atoms with E-state index in [9.17, 15) is 0 Å². The highest BCUT2D eigenvalue weighted by Gasteiger charge is 2.35. The zero-order valence-corrected chi connectivity index (χ0v) is 30.4. The molecule has 0 unspecified atom stereocenters. The van der Waals surface area contributed by atoms with Gasteiger partial charge >= 0.3 is 0 Å². The van der Waals surface area contributed by atoms with Crippen molar-refractivity contribution in [2.75, 3.05) is 4.90 Å². The zero-order chi connectivity index (χ0) is 35.3. The lowest BCUT2D eigenvalue weighted by molar-refractivity contribution is 0.660. The van der Waals surface area contributed by atoms with Crippen LogP contribution in [0.25, 0.3) is 74.7 Å². The van der Waals surface area contributed by atoms with Crippen molar-refractivity contribution < 1.29 is 0 Å². The van der Waals surface area contributed by atoms with Crippen molar-refractivity contribution in [3.63, 3.8) is 0 Å². The van der Waals surface area contributed by atoms with E-state index in [0.717, 1.165) is 17.1 Å². The molecule has 0 aliphatic heterocycles. The number of hydrogen-bond acceptors (Lipinski definition) is 2. The summed E-state index contributed by atoms with van der Waals surface area (Å²) in [6.45, 7) is 4.70. The van der Waals surface area contributed by atoms with E-state index < -0.39 is 0 Å². The van der Waals surface area contributed by atoms with Crippen molar-refractivity contribution in [2.24, 2.45) is 0 Å². The van der Waals surface area contributed by atoms with Gasteiger partial charge in [-0.2, -0.15) is 0 Å². The quantitative estimate of drug-likeness (QED) is 0.166. The van der Waals surface area contributed by atoms with Gasteiger partial charge in [-0.25, -0.2) is 0 Å². The highest BCUT2D eigenvalue weighted by molar-refractivity contribution is 7.25. The average Bonchev–Trinajstić information content (AvgIpc) is 3.69. The number of nitrogens with zero attached hydrogens (tertiary/aromatic N) is 1. The maximum absolute atomic E-state index is 2.44. The Morgan fingerprint density at radius 1 is 0.377 bits per heavy atom. The van der Waals surface area contributed by atoms with Crippen molar-refractivity contribution in [1.82, 2.24) is 0 Å². The third kappa shape index (κ3) is 4.56. The second-order valence-electron chi connectivity index (χ2n) is 14.9. The molecule has 10 aromatic rings. The van der Waals surface area contributed by atoms with E-state index in [4.69, 9.17) is 0 Å². The smallest absolute Gasteiger partial charge is 0.0468 e. The summed E-state index contributed by atoms with van der Waals surface area (Å²) >= 11 is 1.87. The van der Waals surface area contributed by atoms with E-state index in [-0.39, 0.29) is 5.41 Å². The number of anilines is 3. The first-order chi connectivity index (χ1) is 26.0. The van der Waals surface area contributed by atoms with E-state index in [2.05, 4.69) is 195 Å². The molecule has 1 aliphatic carbocycles. The van der Waals surface area contributed by atoms with Gasteiger partial charge < -0.3 is 4.90 Å². The lowest BCUT2D eigenvalue weighted by Gasteiger charge is -2.27. The van der Waals surface area contributed by atoms with Crippen molar-refractivity contribution >= 4 is 80.9 Å². The van der Waals surface area contributed by atoms with Crippen LogP contribution in [0.3, 0.4) is 0 Å². The zero-order valence-electron chi connectivity index (χ0n) is 29.6. The lowest BCUT2D eigenvalue weighted by atomic mass is 9.82. The summed E-state index contributed by atoms with van der Waals surface area (Å²) in [5.41, 5.74) is 11.3. The molecule has 0 amide bonds. The van der Waals surface area contributed by atoms with E-state index in [0.29, 0.717) is 0 Å². The molecule has 2 heteroatoms. The minimum Gasteiger partial charge on any atom is -0.310 e. The molecule has 0 atom stereocenters. The average molecular weight is 694 g/mol. The maximum atomic E-state index is 2.44. The van der Waals surface area contributed by atoms with Crippen LogP contribution in [0.4, 0.5) is 17.1 Å². The molecule has 0 N–H and O–H groups in total. The summed E-state index contributed by atoms with van der Waals surface area (Å²) < 4.78 is 2.63. The van der Waals surface area contributed by atoms with Crippen LogP contribution >= 0.6 is 11.3 Å². The molecular formula is C51H35NS. The molecule has 0 saturated heterocycles. The largest absolute Gasteiger partial charge is 0.310 e. The Balaban J connectivity index is 1.10. The summed E-state index contributed by atoms with van der Waals surface area (Å²) in [5, 5.41) is 10.3. The first-order valence-corrected chi connectivity index (χ1v) is 19.2. The molecule has 1 aliphatic rings. The van der Waals surface area contributed by atoms with E-state index in [1.807, 2.05) is 11.3 Å². The first kappa shape index (κ1) is 30.4. The van der Waals surface area contributed by atoms with E-state index >= 15 is 0 Å². The Bertz CT molecular complexity index is 3090. The second kappa shape index (κ2) is 11.4. The van der Waals surface area contributed by atoms with Crippen LogP contribution in [0.1, 0.15) is 25.0 Å². The molecule has 0 bridgehead atoms. The summed E-state index contributed by atoms with van der Waals surface area (Å²) in [6.07, 6.45) is 0. The Morgan fingerprint density at radius 2 is 1.00 bits per heavy atom. The molecule has 0 spiro atoms. The summed E-state index contributed by atoms with van der Waals surface area (Å²) in [6, 6.07) is 65.5. The predicted molar refractivity (Wildman–Crippen MR) is 230 cm³/mol. The van der Waals surface area contributed by atoms with Gasteiger partial charge in [0.05, 0.1) is 0 Å². The molecule has 53 heavy (non-hydrogen) atoms. The van der Waals surface area contributed by atoms with Gasteiger partial charge in [-0.05, 0) is 120 Å². The van der Waals surface area contributed by atoms with Gasteiger partial charge in [-0.15, -0.1) is 11.3 Å². The Morgan fingerprint density at radius 3 is 1.87 bits per heavy atom. The summed E-state index contributed by atoms with van der Waals surface area (Å²) in [5.74, 6) is 0. The topological polar surface area (TPSA) is 3.24 Å². The number of rotatable bonds is 4. The van der Waals surface area contributed by atoms with Gasteiger partial charge in [0, 0.05) is 42.6 Å². The van der Waals surface area contributed by atoms with Crippen molar-refractivity contribution in [3.05, 3.63) is 187 Å². The SMILES string of the molecule is CC1(C)c2ccccc2-c2cc(N(c3ccc(-c4cc5c6ccccc6ccc5c5ccccc45)cc3)c3ccc4sc5ccccc5c4c3)ccc21. The van der Waals surface area contributed by atoms with Crippen LogP contribution in [0.15, 0.2) is 176 Å². The molecule has 1 nitrogen and oxygen atoms in total. The monoisotopic (exact) mass is 693 g/mol. The Labute approximate surface area is 313 Å². The fourth-order valence-corrected chi connectivity index (χ4v) is 10.1. The molecule has 1 aromatic heterocycles. The van der Waals surface area contributed by atoms with Crippen LogP contribution in [0, 0.1) is 0 Å². The van der Waals surface area contributed by atoms with Gasteiger partial charge in [-0.1, -0.05) is 135 Å². The Hall–Kier alpha value is -6.22. The van der Waals surface area contributed by atoms with Crippen LogP contribution in [0.2, 0.25) is 0 Å². The molecule has 250 valence electrons. The van der Waals surface area contributed by atoms with Crippen molar-refractivity contribution in [3.8, 4) is 22.3 Å². The maximum Gasteiger partial charge on any atom is 0.0468 e. The van der Waals surface area contributed by atoms with E-state index in [1.165, 1.54) is 85.9 Å². The van der Waals surface area contributed by atoms with Crippen LogP contribution in [-0.4, -0.2) is 0 Å². The molecule has 1 heterocycles. The molecule has 0 saturated carbocycles. The third-order valence-electron chi connectivity index (χ3n) is 11.6. The molecule has 9 aromatic carbocycles. The number of hydrogen-bond donors (Lipinski definition) is 0. The predicted octanol–water partition coefficient (Wildman–Crippen LogP) is 15.0. The van der Waals surface area contributed by atoms with Crippen LogP contribution in [-0.2, 0) is 5.41 Å². The van der Waals surface area contributed by atoms with Gasteiger partial charge in [0.15, 0.2) is 0 Å². The normalized spacial score (nSPS) is 13.2. The summed E-state index contributed by atoms with van der Waals surface area (Å²) in [4.78, 5) is 2.44. The lowest BCUT2D eigenvalue weighted by Crippen LogP contribution is -2.15. The minimum atomic E-state index is -0.0423. The molecular weight excluding hydrogens is 659 g/mol. The molecule has 0 fully saturated rings. The third-order valence-corrected chi connectivity index (χ3v) is 12.8. The number of fused-ring (bicyclic) bond motifs is 11. The highest BCUT2D eigenvalue weighted by Crippen LogP contribution is 2.51. The molecule has 11 rings (SSSR count). The standard InChI is InChI=1S/C51H35NS/c1-51(2)47-17-9-7-15-41(47)45-29-35(24-27-48(45)51)52(36-25-28-50-46(30-36)42-16-8-10-18-49(42)53-50)34-22-19-33(20-23-34)43-31-44-37-12-4-3-11-32(37)21-26-40(44)38-13-5-6-14-39(38)43/h3-31H,1-2H3. The number of benzene rings is 9. The Kier molecular flexibility index (Phi) is 6.53. The second-order valence-corrected chi connectivity index (χ2v) is 16.0. The first-order valence-electron chi connectivity index (χ1n) is 18.4. The van der Waals surface area contributed by atoms with Crippen molar-refractivity contribution in [2.45, 2.75) is 19.3 Å².